The van der Waals surface area contributed by atoms with E-state index in [1.165, 1.54) is 11.5 Å². The molecule has 1 aliphatic heterocycles. The van der Waals surface area contributed by atoms with Crippen LogP contribution in [0.1, 0.15) is 37.7 Å². The molecular weight excluding hydrogens is 496 g/mol. The second-order valence-electron chi connectivity index (χ2n) is 9.51. The van der Waals surface area contributed by atoms with E-state index in [2.05, 4.69) is 9.97 Å². The number of carbonyl (C=O) groups excluding carboxylic acids is 1. The van der Waals surface area contributed by atoms with Crippen LogP contribution >= 0.6 is 12.4 Å². The fraction of sp³-hybridized carbons (Fsp3) is 0.440. The fourth-order valence-electron chi connectivity index (χ4n) is 4.92. The number of halogens is 1. The Kier molecular flexibility index (Phi) is 7.47. The Morgan fingerprint density at radius 1 is 1.14 bits per heavy atom. The van der Waals surface area contributed by atoms with Crippen molar-refractivity contribution in [2.45, 2.75) is 52.2 Å². The van der Waals surface area contributed by atoms with E-state index in [4.69, 9.17) is 10.7 Å². The van der Waals surface area contributed by atoms with Gasteiger partial charge >= 0.3 is 5.69 Å². The van der Waals surface area contributed by atoms with Crippen LogP contribution in [0.25, 0.3) is 22.1 Å². The average molecular weight is 527 g/mol. The zero-order valence-electron chi connectivity index (χ0n) is 21.2. The highest BCUT2D eigenvalue weighted by Gasteiger charge is 2.26. The zero-order chi connectivity index (χ0) is 25.6. The van der Waals surface area contributed by atoms with Gasteiger partial charge in [-0.3, -0.25) is 18.7 Å². The lowest BCUT2D eigenvalue weighted by Crippen LogP contribution is -2.44. The quantitative estimate of drug-likeness (QED) is 0.399. The van der Waals surface area contributed by atoms with Crippen molar-refractivity contribution in [3.63, 3.8) is 0 Å². The van der Waals surface area contributed by atoms with Crippen molar-refractivity contribution >= 4 is 46.2 Å². The maximum atomic E-state index is 13.8. The molecule has 1 fully saturated rings. The van der Waals surface area contributed by atoms with Crippen LogP contribution in [-0.2, 0) is 24.9 Å². The lowest BCUT2D eigenvalue weighted by atomic mass is 10.1. The summed E-state index contributed by atoms with van der Waals surface area (Å²) in [5, 5.41) is 0.920. The van der Waals surface area contributed by atoms with Gasteiger partial charge in [-0.25, -0.2) is 14.8 Å². The van der Waals surface area contributed by atoms with E-state index in [1.54, 1.807) is 11.6 Å². The first-order valence-electron chi connectivity index (χ1n) is 12.2. The van der Waals surface area contributed by atoms with Crippen molar-refractivity contribution in [2.24, 2.45) is 12.8 Å². The molecule has 1 atom stereocenters. The third-order valence-corrected chi connectivity index (χ3v) is 6.78. The van der Waals surface area contributed by atoms with Gasteiger partial charge in [0.15, 0.2) is 11.2 Å². The van der Waals surface area contributed by atoms with E-state index in [-0.39, 0.29) is 54.9 Å². The second kappa shape index (κ2) is 10.4. The summed E-state index contributed by atoms with van der Waals surface area (Å²) in [6.07, 6.45) is 2.06. The molecule has 4 aromatic rings. The first-order valence-corrected chi connectivity index (χ1v) is 12.2. The lowest BCUT2D eigenvalue weighted by molar-refractivity contribution is -0.117. The van der Waals surface area contributed by atoms with Crippen LogP contribution in [-0.4, -0.2) is 53.6 Å². The summed E-state index contributed by atoms with van der Waals surface area (Å²) >= 11 is 0. The standard InChI is InChI=1S/C25H30N8O3.ClH/c1-15(34)10-12-32-21-22(29-24(32)31-11-6-7-17(26)13-31)30(3)25(36)33(23(21)35)14-20-27-16(2)18-8-4-5-9-19(18)28-20;/h4-5,8-9,17H,6-7,10-14,26H2,1-3H3;1H/t17-;/m1./s1. The summed E-state index contributed by atoms with van der Waals surface area (Å²) < 4.78 is 4.28. The molecule has 5 rings (SSSR count). The molecule has 0 saturated carbocycles. The van der Waals surface area contributed by atoms with Crippen LogP contribution < -0.4 is 21.9 Å². The van der Waals surface area contributed by atoms with Crippen LogP contribution in [0.3, 0.4) is 0 Å². The summed E-state index contributed by atoms with van der Waals surface area (Å²) in [4.78, 5) is 54.8. The second-order valence-corrected chi connectivity index (χ2v) is 9.51. The highest BCUT2D eigenvalue weighted by atomic mass is 35.5. The molecule has 12 heteroatoms. The zero-order valence-corrected chi connectivity index (χ0v) is 22.0. The van der Waals surface area contributed by atoms with Crippen molar-refractivity contribution < 1.29 is 4.79 Å². The highest BCUT2D eigenvalue weighted by molar-refractivity contribution is 5.85. The van der Waals surface area contributed by atoms with Crippen LogP contribution in [0.2, 0.25) is 0 Å². The van der Waals surface area contributed by atoms with Crippen molar-refractivity contribution in [2.75, 3.05) is 18.0 Å². The molecule has 196 valence electrons. The summed E-state index contributed by atoms with van der Waals surface area (Å²) in [6.45, 7) is 4.94. The molecule has 0 amide bonds. The Morgan fingerprint density at radius 2 is 1.89 bits per heavy atom. The molecular formula is C25H31ClN8O3. The number of para-hydroxylation sites is 1. The molecule has 37 heavy (non-hydrogen) atoms. The van der Waals surface area contributed by atoms with Gasteiger partial charge in [-0.05, 0) is 32.8 Å². The van der Waals surface area contributed by atoms with Crippen molar-refractivity contribution in [3.8, 4) is 0 Å². The number of Topliss-reactive ketones (excluding diaryl/α,β-unsaturated/α-hetero) is 1. The number of nitrogens with two attached hydrogens (primary N) is 1. The normalized spacial score (nSPS) is 15.8. The number of anilines is 1. The number of nitrogens with zero attached hydrogens (tertiary/aromatic N) is 7. The SMILES string of the molecule is CC(=O)CCn1c(N2CCC[C@@H](N)C2)nc2c1c(=O)n(Cc1nc(C)c3ccccc3n1)c(=O)n2C.Cl. The first-order chi connectivity index (χ1) is 17.2. The molecule has 1 aromatic carbocycles. The Bertz CT molecular complexity index is 1610. The lowest BCUT2D eigenvalue weighted by Gasteiger charge is -2.31. The van der Waals surface area contributed by atoms with Gasteiger partial charge in [0.05, 0.1) is 12.1 Å². The Hall–Kier alpha value is -3.57. The van der Waals surface area contributed by atoms with Gasteiger partial charge in [0, 0.05) is 50.2 Å². The van der Waals surface area contributed by atoms with E-state index in [1.807, 2.05) is 36.1 Å². The van der Waals surface area contributed by atoms with E-state index >= 15 is 0 Å². The molecule has 0 aliphatic carbocycles. The number of ketones is 1. The molecule has 11 nitrogen and oxygen atoms in total. The molecule has 0 radical (unpaired) electrons. The molecule has 3 aromatic heterocycles. The fourth-order valence-corrected chi connectivity index (χ4v) is 4.92. The molecule has 0 bridgehead atoms. The number of rotatable bonds is 6. The molecule has 4 heterocycles. The van der Waals surface area contributed by atoms with Crippen LogP contribution in [0.15, 0.2) is 33.9 Å². The number of aromatic nitrogens is 6. The Morgan fingerprint density at radius 3 is 2.62 bits per heavy atom. The van der Waals surface area contributed by atoms with Gasteiger partial charge in [0.2, 0.25) is 5.95 Å². The minimum absolute atomic E-state index is 0. The third kappa shape index (κ3) is 4.88. The number of aryl methyl sites for hydroxylation is 3. The van der Waals surface area contributed by atoms with Crippen LogP contribution in [0.5, 0.6) is 0 Å². The largest absolute Gasteiger partial charge is 0.341 e. The van der Waals surface area contributed by atoms with Gasteiger partial charge in [-0.2, -0.15) is 4.98 Å². The maximum absolute atomic E-state index is 13.8. The predicted molar refractivity (Wildman–Crippen MR) is 145 cm³/mol. The summed E-state index contributed by atoms with van der Waals surface area (Å²) in [7, 11) is 1.60. The van der Waals surface area contributed by atoms with Gasteiger partial charge in [0.25, 0.3) is 5.56 Å². The van der Waals surface area contributed by atoms with E-state index in [0.29, 0.717) is 18.3 Å². The Balaban J connectivity index is 0.00000320. The smallest absolute Gasteiger partial charge is 0.332 e. The number of hydrogen-bond acceptors (Lipinski definition) is 8. The first kappa shape index (κ1) is 26.5. The van der Waals surface area contributed by atoms with E-state index in [0.717, 1.165) is 40.6 Å². The van der Waals surface area contributed by atoms with Crippen LogP contribution in [0, 0.1) is 6.92 Å². The monoisotopic (exact) mass is 526 g/mol. The van der Waals surface area contributed by atoms with Gasteiger partial charge in [-0.15, -0.1) is 12.4 Å². The minimum atomic E-state index is -0.500. The van der Waals surface area contributed by atoms with Crippen LogP contribution in [0.4, 0.5) is 5.95 Å². The van der Waals surface area contributed by atoms with Gasteiger partial charge in [-0.1, -0.05) is 18.2 Å². The number of imidazole rings is 1. The number of piperidine rings is 1. The van der Waals surface area contributed by atoms with Gasteiger partial charge < -0.3 is 15.2 Å². The van der Waals surface area contributed by atoms with Crippen molar-refractivity contribution in [1.82, 2.24) is 28.7 Å². The topological polar surface area (TPSA) is 134 Å². The molecule has 0 spiro atoms. The summed E-state index contributed by atoms with van der Waals surface area (Å²) in [5.74, 6) is 0.939. The summed E-state index contributed by atoms with van der Waals surface area (Å²) in [6, 6.07) is 7.62. The average Bonchev–Trinajstić information content (AvgIpc) is 3.24. The number of carbonyl (C=O) groups is 1. The van der Waals surface area contributed by atoms with Crippen molar-refractivity contribution in [1.29, 1.82) is 0 Å². The number of hydrogen-bond donors (Lipinski definition) is 1. The Labute approximate surface area is 219 Å². The molecule has 1 saturated heterocycles. The molecule has 1 aliphatic rings. The highest BCUT2D eigenvalue weighted by Crippen LogP contribution is 2.23. The number of fused-ring (bicyclic) bond motifs is 2. The number of benzene rings is 1. The van der Waals surface area contributed by atoms with E-state index in [9.17, 15) is 14.4 Å². The maximum Gasteiger partial charge on any atom is 0.332 e. The van der Waals surface area contributed by atoms with Gasteiger partial charge in [0.1, 0.15) is 11.6 Å². The minimum Gasteiger partial charge on any atom is -0.341 e. The van der Waals surface area contributed by atoms with E-state index < -0.39 is 11.2 Å². The molecule has 0 unspecified atom stereocenters. The molecule has 2 N–H and O–H groups in total. The van der Waals surface area contributed by atoms with Crippen molar-refractivity contribution in [3.05, 3.63) is 56.6 Å². The third-order valence-electron chi connectivity index (χ3n) is 6.78. The predicted octanol–water partition coefficient (Wildman–Crippen LogP) is 1.53. The summed E-state index contributed by atoms with van der Waals surface area (Å²) in [5.41, 5.74) is 7.32.